The Morgan fingerprint density at radius 1 is 1.60 bits per heavy atom. The number of aliphatic hydroxyl groups is 1. The summed E-state index contributed by atoms with van der Waals surface area (Å²) in [5.41, 5.74) is 6.77. The maximum atomic E-state index is 9.90. The molecule has 1 aromatic heterocycles. The lowest BCUT2D eigenvalue weighted by Crippen LogP contribution is -2.43. The molecule has 2 rings (SSSR count). The van der Waals surface area contributed by atoms with E-state index >= 15 is 0 Å². The van der Waals surface area contributed by atoms with Gasteiger partial charge in [-0.25, -0.2) is 4.98 Å². The van der Waals surface area contributed by atoms with Crippen LogP contribution in [0.15, 0.2) is 12.3 Å². The van der Waals surface area contributed by atoms with Crippen molar-refractivity contribution in [1.82, 2.24) is 4.98 Å². The minimum atomic E-state index is -0.518. The normalized spacial score (nSPS) is 18.3. The van der Waals surface area contributed by atoms with E-state index in [1.807, 2.05) is 13.0 Å². The van der Waals surface area contributed by atoms with Gasteiger partial charge in [0.2, 0.25) is 0 Å². The van der Waals surface area contributed by atoms with E-state index < -0.39 is 5.60 Å². The molecule has 82 valence electrons. The highest BCUT2D eigenvalue weighted by Crippen LogP contribution is 2.31. The van der Waals surface area contributed by atoms with Gasteiger partial charge in [0, 0.05) is 6.54 Å². The SMILES string of the molecule is Cc1cc(N)cnc1NCC1(O)CCC1. The molecule has 15 heavy (non-hydrogen) atoms. The zero-order valence-corrected chi connectivity index (χ0v) is 8.95. The number of rotatable bonds is 3. The van der Waals surface area contributed by atoms with Crippen LogP contribution in [0, 0.1) is 6.92 Å². The predicted octanol–water partition coefficient (Wildman–Crippen LogP) is 1.30. The molecule has 0 aliphatic heterocycles. The van der Waals surface area contributed by atoms with Gasteiger partial charge in [-0.05, 0) is 37.8 Å². The van der Waals surface area contributed by atoms with Crippen LogP contribution in [0.3, 0.4) is 0 Å². The van der Waals surface area contributed by atoms with E-state index in [9.17, 15) is 5.11 Å². The van der Waals surface area contributed by atoms with Crippen LogP contribution in [-0.4, -0.2) is 22.2 Å². The highest BCUT2D eigenvalue weighted by molar-refractivity contribution is 5.50. The fourth-order valence-electron chi connectivity index (χ4n) is 1.79. The topological polar surface area (TPSA) is 71.2 Å². The van der Waals surface area contributed by atoms with Gasteiger partial charge in [0.1, 0.15) is 5.82 Å². The number of aromatic nitrogens is 1. The number of nitrogens with one attached hydrogen (secondary N) is 1. The molecular formula is C11H17N3O. The van der Waals surface area contributed by atoms with E-state index in [2.05, 4.69) is 10.3 Å². The molecule has 4 nitrogen and oxygen atoms in total. The third kappa shape index (κ3) is 2.21. The molecule has 0 atom stereocenters. The largest absolute Gasteiger partial charge is 0.397 e. The Labute approximate surface area is 89.5 Å². The van der Waals surface area contributed by atoms with Crippen LogP contribution in [0.1, 0.15) is 24.8 Å². The summed E-state index contributed by atoms with van der Waals surface area (Å²) < 4.78 is 0. The van der Waals surface area contributed by atoms with Crippen molar-refractivity contribution in [3.05, 3.63) is 17.8 Å². The second-order valence-electron chi connectivity index (χ2n) is 4.37. The molecule has 0 saturated heterocycles. The molecule has 1 heterocycles. The van der Waals surface area contributed by atoms with E-state index in [1.54, 1.807) is 6.20 Å². The van der Waals surface area contributed by atoms with Gasteiger partial charge in [-0.15, -0.1) is 0 Å². The van der Waals surface area contributed by atoms with E-state index in [1.165, 1.54) is 0 Å². The molecule has 1 aliphatic carbocycles. The Bertz CT molecular complexity index is 361. The summed E-state index contributed by atoms with van der Waals surface area (Å²) in [4.78, 5) is 4.19. The van der Waals surface area contributed by atoms with E-state index in [4.69, 9.17) is 5.73 Å². The quantitative estimate of drug-likeness (QED) is 0.698. The summed E-state index contributed by atoms with van der Waals surface area (Å²) in [7, 11) is 0. The Hall–Kier alpha value is -1.29. The van der Waals surface area contributed by atoms with E-state index in [0.29, 0.717) is 12.2 Å². The first-order chi connectivity index (χ1) is 7.09. The summed E-state index contributed by atoms with van der Waals surface area (Å²) >= 11 is 0. The van der Waals surface area contributed by atoms with Gasteiger partial charge in [-0.2, -0.15) is 0 Å². The third-order valence-electron chi connectivity index (χ3n) is 2.97. The minimum Gasteiger partial charge on any atom is -0.397 e. The maximum absolute atomic E-state index is 9.90. The molecule has 1 aliphatic rings. The van der Waals surface area contributed by atoms with Crippen molar-refractivity contribution in [3.63, 3.8) is 0 Å². The molecule has 4 N–H and O–H groups in total. The molecule has 1 saturated carbocycles. The van der Waals surface area contributed by atoms with Crippen molar-refractivity contribution in [2.24, 2.45) is 0 Å². The zero-order valence-electron chi connectivity index (χ0n) is 8.95. The highest BCUT2D eigenvalue weighted by Gasteiger charge is 2.34. The highest BCUT2D eigenvalue weighted by atomic mass is 16.3. The summed E-state index contributed by atoms with van der Waals surface area (Å²) in [5, 5.41) is 13.1. The molecule has 4 heteroatoms. The van der Waals surface area contributed by atoms with Crippen molar-refractivity contribution < 1.29 is 5.11 Å². The molecule has 0 unspecified atom stereocenters. The molecule has 0 spiro atoms. The van der Waals surface area contributed by atoms with Crippen molar-refractivity contribution >= 4 is 11.5 Å². The summed E-state index contributed by atoms with van der Waals surface area (Å²) in [6.07, 6.45) is 4.51. The lowest BCUT2D eigenvalue weighted by molar-refractivity contribution is -0.0202. The van der Waals surface area contributed by atoms with Gasteiger partial charge in [0.15, 0.2) is 0 Å². The van der Waals surface area contributed by atoms with Crippen LogP contribution in [0.5, 0.6) is 0 Å². The first kappa shape index (κ1) is 10.2. The number of aryl methyl sites for hydroxylation is 1. The third-order valence-corrected chi connectivity index (χ3v) is 2.97. The molecule has 1 aromatic rings. The second kappa shape index (κ2) is 3.70. The number of nitrogens with two attached hydrogens (primary N) is 1. The van der Waals surface area contributed by atoms with Gasteiger partial charge in [0.05, 0.1) is 17.5 Å². The maximum Gasteiger partial charge on any atom is 0.129 e. The van der Waals surface area contributed by atoms with E-state index in [0.717, 1.165) is 30.6 Å². The minimum absolute atomic E-state index is 0.518. The van der Waals surface area contributed by atoms with Gasteiger partial charge >= 0.3 is 0 Å². The van der Waals surface area contributed by atoms with E-state index in [-0.39, 0.29) is 0 Å². The monoisotopic (exact) mass is 207 g/mol. The molecule has 0 radical (unpaired) electrons. The van der Waals surface area contributed by atoms with Crippen LogP contribution >= 0.6 is 0 Å². The number of nitrogen functional groups attached to an aromatic ring is 1. The lowest BCUT2D eigenvalue weighted by Gasteiger charge is -2.36. The standard InChI is InChI=1S/C11H17N3O/c1-8-5-9(12)6-13-10(8)14-7-11(15)3-2-4-11/h5-6,15H,2-4,7,12H2,1H3,(H,13,14). The fourth-order valence-corrected chi connectivity index (χ4v) is 1.79. The predicted molar refractivity (Wildman–Crippen MR) is 60.7 cm³/mol. The summed E-state index contributed by atoms with van der Waals surface area (Å²) in [6, 6.07) is 1.88. The summed E-state index contributed by atoms with van der Waals surface area (Å²) in [5.74, 6) is 0.810. The average Bonchev–Trinajstić information content (AvgIpc) is 2.14. The fraction of sp³-hybridized carbons (Fsp3) is 0.545. The Morgan fingerprint density at radius 2 is 2.33 bits per heavy atom. The second-order valence-corrected chi connectivity index (χ2v) is 4.37. The van der Waals surface area contributed by atoms with Gasteiger partial charge < -0.3 is 16.2 Å². The molecule has 0 aromatic carbocycles. The van der Waals surface area contributed by atoms with Crippen LogP contribution in [0.25, 0.3) is 0 Å². The van der Waals surface area contributed by atoms with Crippen LogP contribution in [0.2, 0.25) is 0 Å². The number of nitrogens with zero attached hydrogens (tertiary/aromatic N) is 1. The lowest BCUT2D eigenvalue weighted by atomic mass is 9.80. The first-order valence-electron chi connectivity index (χ1n) is 5.27. The Balaban J connectivity index is 1.98. The van der Waals surface area contributed by atoms with Crippen LogP contribution in [-0.2, 0) is 0 Å². The van der Waals surface area contributed by atoms with Crippen LogP contribution < -0.4 is 11.1 Å². The zero-order chi connectivity index (χ0) is 10.9. The molecule has 0 bridgehead atoms. The van der Waals surface area contributed by atoms with Crippen molar-refractivity contribution in [1.29, 1.82) is 0 Å². The van der Waals surface area contributed by atoms with Crippen molar-refractivity contribution in [3.8, 4) is 0 Å². The summed E-state index contributed by atoms with van der Waals surface area (Å²) in [6.45, 7) is 2.53. The van der Waals surface area contributed by atoms with Crippen LogP contribution in [0.4, 0.5) is 11.5 Å². The smallest absolute Gasteiger partial charge is 0.129 e. The number of pyridine rings is 1. The first-order valence-corrected chi connectivity index (χ1v) is 5.27. The average molecular weight is 207 g/mol. The number of hydrogen-bond acceptors (Lipinski definition) is 4. The van der Waals surface area contributed by atoms with Crippen molar-refractivity contribution in [2.75, 3.05) is 17.6 Å². The Kier molecular flexibility index (Phi) is 2.52. The van der Waals surface area contributed by atoms with Gasteiger partial charge in [-0.3, -0.25) is 0 Å². The molecule has 1 fully saturated rings. The number of hydrogen-bond donors (Lipinski definition) is 3. The Morgan fingerprint density at radius 3 is 2.87 bits per heavy atom. The van der Waals surface area contributed by atoms with Gasteiger partial charge in [0.25, 0.3) is 0 Å². The van der Waals surface area contributed by atoms with Gasteiger partial charge in [-0.1, -0.05) is 0 Å². The molecular weight excluding hydrogens is 190 g/mol. The molecule has 0 amide bonds. The number of anilines is 2. The van der Waals surface area contributed by atoms with Crippen molar-refractivity contribution in [2.45, 2.75) is 31.8 Å².